The van der Waals surface area contributed by atoms with Crippen molar-refractivity contribution in [3.05, 3.63) is 97.0 Å². The third-order valence-corrected chi connectivity index (χ3v) is 8.20. The summed E-state index contributed by atoms with van der Waals surface area (Å²) in [4.78, 5) is 11.8. The second-order valence-electron chi connectivity index (χ2n) is 9.04. The molecule has 0 amide bonds. The summed E-state index contributed by atoms with van der Waals surface area (Å²) in [5, 5.41) is 14.4. The van der Waals surface area contributed by atoms with Gasteiger partial charge in [-0.25, -0.2) is 4.79 Å². The van der Waals surface area contributed by atoms with E-state index in [1.807, 2.05) is 31.2 Å². The van der Waals surface area contributed by atoms with Crippen molar-refractivity contribution in [1.29, 1.82) is 0 Å². The Balaban J connectivity index is 1.49. The van der Waals surface area contributed by atoms with Crippen LogP contribution in [-0.2, 0) is 6.61 Å². The highest BCUT2D eigenvalue weighted by Gasteiger charge is 2.39. The molecule has 186 valence electrons. The Labute approximate surface area is 228 Å². The van der Waals surface area contributed by atoms with Gasteiger partial charge in [-0.1, -0.05) is 47.5 Å². The highest BCUT2D eigenvalue weighted by atomic mass is 79.9. The number of halogens is 3. The van der Waals surface area contributed by atoms with Crippen LogP contribution in [-0.4, -0.2) is 18.2 Å². The fraction of sp³-hybridized carbons (Fsp3) is 0.250. The molecular weight excluding hydrogens is 565 g/mol. The van der Waals surface area contributed by atoms with Crippen LogP contribution in [0.25, 0.3) is 0 Å². The van der Waals surface area contributed by atoms with E-state index in [0.29, 0.717) is 33.0 Å². The van der Waals surface area contributed by atoms with E-state index in [1.165, 1.54) is 0 Å². The van der Waals surface area contributed by atoms with Gasteiger partial charge in [-0.2, -0.15) is 0 Å². The topological polar surface area (TPSA) is 67.8 Å². The van der Waals surface area contributed by atoms with Crippen LogP contribution in [0.5, 0.6) is 11.5 Å². The molecule has 0 unspecified atom stereocenters. The molecule has 0 fully saturated rings. The van der Waals surface area contributed by atoms with E-state index in [1.54, 1.807) is 25.3 Å². The van der Waals surface area contributed by atoms with Gasteiger partial charge < -0.3 is 19.9 Å². The first-order valence-corrected chi connectivity index (χ1v) is 13.1. The van der Waals surface area contributed by atoms with Gasteiger partial charge in [0.2, 0.25) is 0 Å². The average molecular weight is 589 g/mol. The van der Waals surface area contributed by atoms with Crippen molar-refractivity contribution in [3.63, 3.8) is 0 Å². The SMILES string of the molecule is COc1cc([C@@H]2Nc3c(ccc(C(=O)O)c3C)[C@@H]3C=CC[C@@H]32)cc(Br)c1OCc1ccc(Cl)cc1Cl. The molecule has 8 heteroatoms. The molecule has 0 spiro atoms. The molecule has 1 aliphatic carbocycles. The summed E-state index contributed by atoms with van der Waals surface area (Å²) in [6.07, 6.45) is 5.37. The van der Waals surface area contributed by atoms with Gasteiger partial charge in [0.15, 0.2) is 11.5 Å². The van der Waals surface area contributed by atoms with E-state index in [4.69, 9.17) is 32.7 Å². The number of carboxylic acids is 1. The lowest BCUT2D eigenvalue weighted by atomic mass is 9.76. The fourth-order valence-electron chi connectivity index (χ4n) is 5.22. The summed E-state index contributed by atoms with van der Waals surface area (Å²) in [6.45, 7) is 2.12. The number of ether oxygens (including phenoxy) is 2. The summed E-state index contributed by atoms with van der Waals surface area (Å²) in [7, 11) is 1.61. The quantitative estimate of drug-likeness (QED) is 0.284. The number of hydrogen-bond donors (Lipinski definition) is 2. The minimum absolute atomic E-state index is 0.0368. The first-order chi connectivity index (χ1) is 17.3. The molecule has 0 saturated heterocycles. The van der Waals surface area contributed by atoms with Crippen LogP contribution < -0.4 is 14.8 Å². The van der Waals surface area contributed by atoms with E-state index >= 15 is 0 Å². The molecule has 0 aromatic heterocycles. The maximum Gasteiger partial charge on any atom is 0.336 e. The average Bonchev–Trinajstić information content (AvgIpc) is 3.34. The Kier molecular flexibility index (Phi) is 6.95. The summed E-state index contributed by atoms with van der Waals surface area (Å²) in [6, 6.07) is 12.9. The van der Waals surface area contributed by atoms with Crippen LogP contribution in [0.3, 0.4) is 0 Å². The van der Waals surface area contributed by atoms with Crippen molar-refractivity contribution < 1.29 is 19.4 Å². The highest BCUT2D eigenvalue weighted by Crippen LogP contribution is 2.52. The predicted octanol–water partition coefficient (Wildman–Crippen LogP) is 8.18. The number of allylic oxidation sites excluding steroid dienone is 2. The lowest BCUT2D eigenvalue weighted by Crippen LogP contribution is -2.30. The fourth-order valence-corrected chi connectivity index (χ4v) is 6.26. The number of nitrogens with one attached hydrogen (secondary N) is 1. The first kappa shape index (κ1) is 25.0. The lowest BCUT2D eigenvalue weighted by Gasteiger charge is -2.39. The summed E-state index contributed by atoms with van der Waals surface area (Å²) < 4.78 is 12.6. The molecular formula is C28H24BrCl2NO4. The van der Waals surface area contributed by atoms with Crippen LogP contribution in [0.1, 0.15) is 51.0 Å². The second-order valence-corrected chi connectivity index (χ2v) is 10.7. The van der Waals surface area contributed by atoms with Gasteiger partial charge in [-0.3, -0.25) is 0 Å². The number of fused-ring (bicyclic) bond motifs is 3. The van der Waals surface area contributed by atoms with Gasteiger partial charge in [0, 0.05) is 27.2 Å². The van der Waals surface area contributed by atoms with Crippen molar-refractivity contribution in [2.24, 2.45) is 5.92 Å². The van der Waals surface area contributed by atoms with Crippen LogP contribution >= 0.6 is 39.1 Å². The maximum atomic E-state index is 11.8. The van der Waals surface area contributed by atoms with E-state index in [0.717, 1.165) is 38.8 Å². The van der Waals surface area contributed by atoms with E-state index in [-0.39, 0.29) is 18.6 Å². The Morgan fingerprint density at radius 3 is 2.72 bits per heavy atom. The number of carboxylic acid groups (broad SMARTS) is 1. The minimum Gasteiger partial charge on any atom is -0.493 e. The van der Waals surface area contributed by atoms with Crippen LogP contribution in [0, 0.1) is 12.8 Å². The predicted molar refractivity (Wildman–Crippen MR) is 146 cm³/mol. The molecule has 0 saturated carbocycles. The van der Waals surface area contributed by atoms with Crippen molar-refractivity contribution >= 4 is 50.8 Å². The molecule has 36 heavy (non-hydrogen) atoms. The molecule has 3 aromatic rings. The summed E-state index contributed by atoms with van der Waals surface area (Å²) >= 11 is 16.0. The normalized spacial score (nSPS) is 19.9. The first-order valence-electron chi connectivity index (χ1n) is 11.5. The Bertz CT molecular complexity index is 1390. The zero-order valence-corrected chi connectivity index (χ0v) is 22.7. The number of carbonyl (C=O) groups is 1. The van der Waals surface area contributed by atoms with E-state index < -0.39 is 5.97 Å². The van der Waals surface area contributed by atoms with Gasteiger partial charge in [-0.15, -0.1) is 0 Å². The molecule has 1 aliphatic heterocycles. The summed E-state index contributed by atoms with van der Waals surface area (Å²) in [5.74, 6) is 0.748. The molecule has 3 atom stereocenters. The number of hydrogen-bond acceptors (Lipinski definition) is 4. The van der Waals surface area contributed by atoms with Gasteiger partial charge in [0.1, 0.15) is 6.61 Å². The largest absolute Gasteiger partial charge is 0.493 e. The smallest absolute Gasteiger partial charge is 0.336 e. The molecule has 3 aromatic carbocycles. The van der Waals surface area contributed by atoms with E-state index in [2.05, 4.69) is 33.4 Å². The van der Waals surface area contributed by atoms with Gasteiger partial charge in [0.25, 0.3) is 0 Å². The van der Waals surface area contributed by atoms with Gasteiger partial charge in [0.05, 0.1) is 23.2 Å². The summed E-state index contributed by atoms with van der Waals surface area (Å²) in [5.41, 5.74) is 4.92. The molecule has 0 radical (unpaired) electrons. The Morgan fingerprint density at radius 2 is 2.00 bits per heavy atom. The van der Waals surface area contributed by atoms with Crippen molar-refractivity contribution in [1.82, 2.24) is 0 Å². The van der Waals surface area contributed by atoms with Gasteiger partial charge in [-0.05, 0) is 82.2 Å². The molecule has 5 nitrogen and oxygen atoms in total. The zero-order chi connectivity index (χ0) is 25.6. The van der Waals surface area contributed by atoms with Crippen molar-refractivity contribution in [3.8, 4) is 11.5 Å². The highest BCUT2D eigenvalue weighted by molar-refractivity contribution is 9.10. The van der Waals surface area contributed by atoms with E-state index in [9.17, 15) is 9.90 Å². The van der Waals surface area contributed by atoms with Gasteiger partial charge >= 0.3 is 5.97 Å². The standard InChI is InChI=1S/C28H24BrCl2NO4/c1-14-18(28(33)34)8-9-21-19-4-3-5-20(19)26(32-25(14)21)16-10-22(29)27(24(11-16)35-2)36-13-15-6-7-17(30)12-23(15)31/h3-4,6-12,19-20,26,32H,5,13H2,1-2H3,(H,33,34)/t19-,20+,26+/m1/s1. The lowest BCUT2D eigenvalue weighted by molar-refractivity contribution is 0.0696. The van der Waals surface area contributed by atoms with Crippen LogP contribution in [0.4, 0.5) is 5.69 Å². The third kappa shape index (κ3) is 4.47. The van der Waals surface area contributed by atoms with Crippen LogP contribution in [0.2, 0.25) is 10.0 Å². The third-order valence-electron chi connectivity index (χ3n) is 7.03. The monoisotopic (exact) mass is 587 g/mol. The minimum atomic E-state index is -0.926. The van der Waals surface area contributed by atoms with Crippen LogP contribution in [0.15, 0.2) is 59.1 Å². The zero-order valence-electron chi connectivity index (χ0n) is 19.6. The molecule has 0 bridgehead atoms. The number of rotatable bonds is 6. The Hall–Kier alpha value is -2.67. The maximum absolute atomic E-state index is 11.8. The number of methoxy groups -OCH3 is 1. The Morgan fingerprint density at radius 1 is 1.19 bits per heavy atom. The van der Waals surface area contributed by atoms with Crippen molar-refractivity contribution in [2.75, 3.05) is 12.4 Å². The molecule has 2 N–H and O–H groups in total. The number of aromatic carboxylic acids is 1. The second kappa shape index (κ2) is 10.0. The number of anilines is 1. The molecule has 2 aliphatic rings. The molecule has 1 heterocycles. The van der Waals surface area contributed by atoms with Crippen molar-refractivity contribution in [2.45, 2.75) is 31.9 Å². The molecule has 5 rings (SSSR count). The number of benzene rings is 3.